The topological polar surface area (TPSA) is 124 Å². The summed E-state index contributed by atoms with van der Waals surface area (Å²) in [7, 11) is -3.32. The first-order valence-corrected chi connectivity index (χ1v) is 17.3. The minimum Gasteiger partial charge on any atom is -0.382 e. The first-order valence-electron chi connectivity index (χ1n) is 15.5. The number of hydrogen-bond acceptors (Lipinski definition) is 9. The second-order valence-corrected chi connectivity index (χ2v) is 12.3. The van der Waals surface area contributed by atoms with Crippen molar-refractivity contribution in [1.29, 1.82) is 0 Å². The molecule has 0 bridgehead atoms. The Labute approximate surface area is 241 Å². The van der Waals surface area contributed by atoms with E-state index in [0.717, 1.165) is 13.0 Å². The van der Waals surface area contributed by atoms with E-state index in [1.807, 2.05) is 4.57 Å². The van der Waals surface area contributed by atoms with Crippen LogP contribution < -0.4 is 5.73 Å². The standard InChI is InChI=1S/C29H54N5O5P/c1-3-5-6-7-8-9-10-11-12-13-14-15-16-17-20-36-21-18-22-39-40(35,38-4-2)26-37-23-19-34-25-33-27-28(30)31-24-32-29(27)34/h24-25H,3-23,26H2,1-2H3,(H2,30,31,32). The number of nitrogens with two attached hydrogens (primary N) is 1. The monoisotopic (exact) mass is 583 g/mol. The molecule has 0 radical (unpaired) electrons. The van der Waals surface area contributed by atoms with E-state index < -0.39 is 7.60 Å². The Hall–Kier alpha value is -1.58. The lowest BCUT2D eigenvalue weighted by molar-refractivity contribution is 0.100. The highest BCUT2D eigenvalue weighted by Crippen LogP contribution is 2.48. The molecule has 0 aromatic carbocycles. The molecule has 1 unspecified atom stereocenters. The second kappa shape index (κ2) is 22.1. The van der Waals surface area contributed by atoms with Gasteiger partial charge in [-0.25, -0.2) is 15.0 Å². The van der Waals surface area contributed by atoms with Crippen molar-refractivity contribution < 1.29 is 23.1 Å². The van der Waals surface area contributed by atoms with Gasteiger partial charge in [0.25, 0.3) is 0 Å². The lowest BCUT2D eigenvalue weighted by Crippen LogP contribution is -2.10. The maximum Gasteiger partial charge on any atom is 0.356 e. The Bertz CT molecular complexity index is 945. The number of unbranched alkanes of at least 4 members (excludes halogenated alkanes) is 13. The van der Waals surface area contributed by atoms with E-state index in [4.69, 9.17) is 24.3 Å². The molecule has 10 nitrogen and oxygen atoms in total. The second-order valence-electron chi connectivity index (χ2n) is 10.3. The number of hydrogen-bond donors (Lipinski definition) is 1. The molecule has 2 rings (SSSR count). The van der Waals surface area contributed by atoms with Gasteiger partial charge in [-0.05, 0) is 19.8 Å². The number of imidazole rings is 1. The highest BCUT2D eigenvalue weighted by atomic mass is 31.2. The molecule has 1 atom stereocenters. The van der Waals surface area contributed by atoms with Crippen LogP contribution in [0.5, 0.6) is 0 Å². The van der Waals surface area contributed by atoms with Crippen molar-refractivity contribution in [3.63, 3.8) is 0 Å². The molecule has 0 saturated carbocycles. The van der Waals surface area contributed by atoms with E-state index in [-0.39, 0.29) is 6.35 Å². The number of ether oxygens (including phenoxy) is 2. The summed E-state index contributed by atoms with van der Waals surface area (Å²) in [6, 6.07) is 0. The fraction of sp³-hybridized carbons (Fsp3) is 0.828. The quantitative estimate of drug-likeness (QED) is 0.0840. The Morgan fingerprint density at radius 3 is 2.00 bits per heavy atom. The van der Waals surface area contributed by atoms with Crippen molar-refractivity contribution in [3.8, 4) is 0 Å². The summed E-state index contributed by atoms with van der Waals surface area (Å²) in [5.74, 6) is 0.336. The molecule has 0 amide bonds. The molecule has 0 aliphatic rings. The molecule has 230 valence electrons. The summed E-state index contributed by atoms with van der Waals surface area (Å²) in [5.41, 5.74) is 7.01. The Morgan fingerprint density at radius 2 is 1.35 bits per heavy atom. The largest absolute Gasteiger partial charge is 0.382 e. The number of fused-ring (bicyclic) bond motifs is 1. The molecule has 11 heteroatoms. The van der Waals surface area contributed by atoms with Gasteiger partial charge in [0.05, 0.1) is 26.1 Å². The molecule has 0 aliphatic carbocycles. The van der Waals surface area contributed by atoms with E-state index >= 15 is 0 Å². The van der Waals surface area contributed by atoms with Crippen molar-refractivity contribution in [2.45, 2.75) is 117 Å². The van der Waals surface area contributed by atoms with E-state index in [1.165, 1.54) is 89.8 Å². The van der Waals surface area contributed by atoms with E-state index in [1.54, 1.807) is 13.3 Å². The summed E-state index contributed by atoms with van der Waals surface area (Å²) in [6.07, 6.45) is 22.5. The molecule has 0 saturated heterocycles. The molecule has 0 spiro atoms. The minimum absolute atomic E-state index is 0.107. The van der Waals surface area contributed by atoms with Crippen LogP contribution >= 0.6 is 7.60 Å². The van der Waals surface area contributed by atoms with Gasteiger partial charge in [0.15, 0.2) is 11.5 Å². The third kappa shape index (κ3) is 14.9. The molecule has 2 aromatic heterocycles. The molecule has 40 heavy (non-hydrogen) atoms. The van der Waals surface area contributed by atoms with Crippen LogP contribution in [0.1, 0.15) is 110 Å². The van der Waals surface area contributed by atoms with Crippen LogP contribution in [-0.4, -0.2) is 58.9 Å². The zero-order valence-electron chi connectivity index (χ0n) is 25.1. The highest BCUT2D eigenvalue weighted by Gasteiger charge is 2.24. The fourth-order valence-electron chi connectivity index (χ4n) is 4.58. The summed E-state index contributed by atoms with van der Waals surface area (Å²) in [4.78, 5) is 12.4. The predicted octanol–water partition coefficient (Wildman–Crippen LogP) is 7.52. The third-order valence-corrected chi connectivity index (χ3v) is 8.57. The average molecular weight is 584 g/mol. The number of rotatable bonds is 27. The average Bonchev–Trinajstić information content (AvgIpc) is 3.37. The summed E-state index contributed by atoms with van der Waals surface area (Å²) >= 11 is 0. The van der Waals surface area contributed by atoms with Crippen LogP contribution in [-0.2, 0) is 29.6 Å². The lowest BCUT2D eigenvalue weighted by atomic mass is 10.0. The van der Waals surface area contributed by atoms with Gasteiger partial charge in [0.1, 0.15) is 18.2 Å². The van der Waals surface area contributed by atoms with Crippen molar-refractivity contribution in [2.24, 2.45) is 0 Å². The van der Waals surface area contributed by atoms with Crippen LogP contribution in [0.15, 0.2) is 12.7 Å². The lowest BCUT2D eigenvalue weighted by Gasteiger charge is -2.18. The zero-order valence-corrected chi connectivity index (χ0v) is 26.0. The Kier molecular flexibility index (Phi) is 19.1. The van der Waals surface area contributed by atoms with Crippen LogP contribution in [0.2, 0.25) is 0 Å². The number of aromatic nitrogens is 4. The van der Waals surface area contributed by atoms with Crippen molar-refractivity contribution >= 4 is 24.6 Å². The van der Waals surface area contributed by atoms with Crippen LogP contribution in [0, 0.1) is 0 Å². The fourth-order valence-corrected chi connectivity index (χ4v) is 5.95. The molecule has 2 N–H and O–H groups in total. The first-order chi connectivity index (χ1) is 19.6. The Morgan fingerprint density at radius 1 is 0.725 bits per heavy atom. The molecule has 2 heterocycles. The van der Waals surface area contributed by atoms with Gasteiger partial charge in [0, 0.05) is 19.8 Å². The van der Waals surface area contributed by atoms with Crippen LogP contribution in [0.4, 0.5) is 5.82 Å². The van der Waals surface area contributed by atoms with E-state index in [2.05, 4.69) is 21.9 Å². The molecule has 0 aliphatic heterocycles. The Balaban J connectivity index is 1.41. The summed E-state index contributed by atoms with van der Waals surface area (Å²) < 4.78 is 37.1. The van der Waals surface area contributed by atoms with E-state index in [9.17, 15) is 4.57 Å². The van der Waals surface area contributed by atoms with Crippen molar-refractivity contribution in [2.75, 3.05) is 45.1 Å². The van der Waals surface area contributed by atoms with Crippen LogP contribution in [0.25, 0.3) is 11.2 Å². The maximum absolute atomic E-state index is 12.9. The molecule has 2 aromatic rings. The highest BCUT2D eigenvalue weighted by molar-refractivity contribution is 7.53. The maximum atomic E-state index is 12.9. The van der Waals surface area contributed by atoms with Gasteiger partial charge in [-0.2, -0.15) is 0 Å². The number of anilines is 1. The SMILES string of the molecule is CCCCCCCCCCCCCCCCOCCCOP(=O)(COCCn1cnc2c(N)ncnc21)OCC. The zero-order chi connectivity index (χ0) is 28.7. The van der Waals surface area contributed by atoms with Gasteiger partial charge in [0.2, 0.25) is 0 Å². The number of nitrogens with zero attached hydrogens (tertiary/aromatic N) is 4. The molecule has 0 fully saturated rings. The summed E-state index contributed by atoms with van der Waals surface area (Å²) in [6.45, 7) is 6.80. The van der Waals surface area contributed by atoms with Gasteiger partial charge in [-0.1, -0.05) is 90.4 Å². The summed E-state index contributed by atoms with van der Waals surface area (Å²) in [5, 5.41) is 0. The van der Waals surface area contributed by atoms with Gasteiger partial charge >= 0.3 is 7.60 Å². The van der Waals surface area contributed by atoms with Crippen molar-refractivity contribution in [3.05, 3.63) is 12.7 Å². The smallest absolute Gasteiger partial charge is 0.356 e. The molecular formula is C29H54N5O5P. The van der Waals surface area contributed by atoms with Crippen LogP contribution in [0.3, 0.4) is 0 Å². The normalized spacial score (nSPS) is 13.2. The third-order valence-electron chi connectivity index (χ3n) is 6.84. The van der Waals surface area contributed by atoms with Crippen molar-refractivity contribution in [1.82, 2.24) is 19.5 Å². The minimum atomic E-state index is -3.32. The predicted molar refractivity (Wildman–Crippen MR) is 161 cm³/mol. The first kappa shape index (κ1) is 34.6. The van der Waals surface area contributed by atoms with Gasteiger partial charge in [-0.15, -0.1) is 0 Å². The van der Waals surface area contributed by atoms with Gasteiger partial charge in [-0.3, -0.25) is 4.57 Å². The molecular weight excluding hydrogens is 529 g/mol. The van der Waals surface area contributed by atoms with Gasteiger partial charge < -0.3 is 28.8 Å². The van der Waals surface area contributed by atoms with E-state index in [0.29, 0.717) is 56.4 Å². The number of nitrogen functional groups attached to an aromatic ring is 1.